The van der Waals surface area contributed by atoms with Crippen LogP contribution in [0.2, 0.25) is 0 Å². The Labute approximate surface area is 134 Å². The molecule has 0 saturated heterocycles. The van der Waals surface area contributed by atoms with E-state index in [0.717, 1.165) is 16.9 Å². The number of hydrogen-bond acceptors (Lipinski definition) is 5. The third-order valence-corrected chi connectivity index (χ3v) is 4.04. The summed E-state index contributed by atoms with van der Waals surface area (Å²) in [6.45, 7) is 4.32. The minimum atomic E-state index is -0.460. The minimum absolute atomic E-state index is 0.407. The van der Waals surface area contributed by atoms with Gasteiger partial charge in [-0.05, 0) is 42.5 Å². The average molecular weight is 320 g/mol. The topological polar surface area (TPSA) is 44.8 Å². The molecular weight excluding hydrogens is 300 g/mol. The molecule has 2 aromatic rings. The zero-order chi connectivity index (χ0) is 15.9. The standard InChI is InChI=1S/C17H20O4S/c1-4-13-7-8-16(15(10-13)17(18)19-3)21-12(2)20-11-14-6-5-9-22-14/h5-10,12H,4,11H2,1-3H3. The molecule has 1 atom stereocenters. The molecule has 1 aromatic carbocycles. The molecule has 22 heavy (non-hydrogen) atoms. The van der Waals surface area contributed by atoms with Gasteiger partial charge in [0.15, 0.2) is 6.29 Å². The molecule has 2 rings (SSSR count). The van der Waals surface area contributed by atoms with Crippen LogP contribution in [0, 0.1) is 0 Å². The van der Waals surface area contributed by atoms with E-state index in [9.17, 15) is 4.79 Å². The van der Waals surface area contributed by atoms with Crippen molar-refractivity contribution >= 4 is 17.3 Å². The van der Waals surface area contributed by atoms with E-state index in [0.29, 0.717) is 17.9 Å². The predicted molar refractivity (Wildman–Crippen MR) is 86.4 cm³/mol. The van der Waals surface area contributed by atoms with Gasteiger partial charge in [0.05, 0.1) is 13.7 Å². The maximum Gasteiger partial charge on any atom is 0.341 e. The Kier molecular flexibility index (Phi) is 5.98. The highest BCUT2D eigenvalue weighted by Crippen LogP contribution is 2.23. The normalized spacial score (nSPS) is 12.0. The monoisotopic (exact) mass is 320 g/mol. The number of carbonyl (C=O) groups excluding carboxylic acids is 1. The van der Waals surface area contributed by atoms with Gasteiger partial charge in [-0.2, -0.15) is 0 Å². The number of hydrogen-bond donors (Lipinski definition) is 0. The highest BCUT2D eigenvalue weighted by Gasteiger charge is 2.16. The fraction of sp³-hybridized carbons (Fsp3) is 0.353. The lowest BCUT2D eigenvalue weighted by atomic mass is 10.1. The van der Waals surface area contributed by atoms with E-state index in [1.54, 1.807) is 23.5 Å². The molecule has 5 heteroatoms. The molecule has 1 aromatic heterocycles. The van der Waals surface area contributed by atoms with Crippen molar-refractivity contribution < 1.29 is 19.0 Å². The first-order valence-electron chi connectivity index (χ1n) is 7.16. The quantitative estimate of drug-likeness (QED) is 0.570. The van der Waals surface area contributed by atoms with E-state index in [1.807, 2.05) is 37.4 Å². The van der Waals surface area contributed by atoms with Crippen LogP contribution < -0.4 is 4.74 Å². The van der Waals surface area contributed by atoms with Crippen LogP contribution >= 0.6 is 11.3 Å². The highest BCUT2D eigenvalue weighted by atomic mass is 32.1. The van der Waals surface area contributed by atoms with Gasteiger partial charge in [0, 0.05) is 4.88 Å². The second kappa shape index (κ2) is 7.96. The molecule has 1 heterocycles. The van der Waals surface area contributed by atoms with E-state index in [1.165, 1.54) is 7.11 Å². The second-order valence-corrected chi connectivity index (χ2v) is 5.78. The number of aryl methyl sites for hydroxylation is 1. The molecule has 1 unspecified atom stereocenters. The van der Waals surface area contributed by atoms with Gasteiger partial charge in [-0.15, -0.1) is 11.3 Å². The van der Waals surface area contributed by atoms with Gasteiger partial charge in [-0.3, -0.25) is 0 Å². The number of methoxy groups -OCH3 is 1. The zero-order valence-corrected chi connectivity index (χ0v) is 13.8. The molecule has 0 spiro atoms. The van der Waals surface area contributed by atoms with Gasteiger partial charge in [0.2, 0.25) is 0 Å². The average Bonchev–Trinajstić information content (AvgIpc) is 3.06. The number of ether oxygens (including phenoxy) is 3. The van der Waals surface area contributed by atoms with Gasteiger partial charge in [-0.1, -0.05) is 19.1 Å². The Bertz CT molecular complexity index is 607. The van der Waals surface area contributed by atoms with Crippen LogP contribution in [0.15, 0.2) is 35.7 Å². The summed E-state index contributed by atoms with van der Waals surface area (Å²) < 4.78 is 16.2. The van der Waals surface area contributed by atoms with E-state index in [2.05, 4.69) is 0 Å². The van der Waals surface area contributed by atoms with Crippen LogP contribution in [-0.4, -0.2) is 19.4 Å². The number of carbonyl (C=O) groups is 1. The van der Waals surface area contributed by atoms with Crippen molar-refractivity contribution in [3.05, 3.63) is 51.7 Å². The first-order valence-corrected chi connectivity index (χ1v) is 8.04. The Hall–Kier alpha value is -1.85. The summed E-state index contributed by atoms with van der Waals surface area (Å²) in [6, 6.07) is 9.51. The molecular formula is C17H20O4S. The maximum absolute atomic E-state index is 11.9. The van der Waals surface area contributed by atoms with Crippen LogP contribution in [-0.2, 0) is 22.5 Å². The molecule has 0 aliphatic carbocycles. The third-order valence-electron chi connectivity index (χ3n) is 3.19. The zero-order valence-electron chi connectivity index (χ0n) is 13.0. The number of esters is 1. The lowest BCUT2D eigenvalue weighted by Crippen LogP contribution is -2.18. The van der Waals surface area contributed by atoms with E-state index in [4.69, 9.17) is 14.2 Å². The summed E-state index contributed by atoms with van der Waals surface area (Å²) in [6.07, 6.45) is 0.382. The van der Waals surface area contributed by atoms with Gasteiger partial charge >= 0.3 is 5.97 Å². The van der Waals surface area contributed by atoms with Crippen molar-refractivity contribution in [1.29, 1.82) is 0 Å². The summed E-state index contributed by atoms with van der Waals surface area (Å²) in [5.41, 5.74) is 1.48. The van der Waals surface area contributed by atoms with E-state index >= 15 is 0 Å². The molecule has 4 nitrogen and oxygen atoms in total. The van der Waals surface area contributed by atoms with Crippen LogP contribution in [0.4, 0.5) is 0 Å². The molecule has 0 radical (unpaired) electrons. The summed E-state index contributed by atoms with van der Waals surface area (Å²) in [5.74, 6) is 0.0680. The number of thiophene rings is 1. The number of rotatable bonds is 7. The maximum atomic E-state index is 11.9. The lowest BCUT2D eigenvalue weighted by Gasteiger charge is -2.17. The third kappa shape index (κ3) is 4.32. The van der Waals surface area contributed by atoms with Crippen LogP contribution in [0.1, 0.15) is 34.6 Å². The molecule has 0 aliphatic heterocycles. The lowest BCUT2D eigenvalue weighted by molar-refractivity contribution is -0.0754. The molecule has 0 aliphatic rings. The number of benzene rings is 1. The SMILES string of the molecule is CCc1ccc(OC(C)OCc2cccs2)c(C(=O)OC)c1. The molecule has 0 fully saturated rings. The summed E-state index contributed by atoms with van der Waals surface area (Å²) in [4.78, 5) is 13.0. The van der Waals surface area contributed by atoms with Crippen molar-refractivity contribution in [3.63, 3.8) is 0 Å². The molecule has 0 amide bonds. The van der Waals surface area contributed by atoms with Crippen molar-refractivity contribution in [3.8, 4) is 5.75 Å². The van der Waals surface area contributed by atoms with Crippen molar-refractivity contribution in [2.24, 2.45) is 0 Å². The summed E-state index contributed by atoms with van der Waals surface area (Å²) in [7, 11) is 1.36. The minimum Gasteiger partial charge on any atom is -0.465 e. The van der Waals surface area contributed by atoms with Crippen LogP contribution in [0.5, 0.6) is 5.75 Å². The largest absolute Gasteiger partial charge is 0.465 e. The Morgan fingerprint density at radius 2 is 2.14 bits per heavy atom. The van der Waals surface area contributed by atoms with Gasteiger partial charge in [0.25, 0.3) is 0 Å². The fourth-order valence-corrected chi connectivity index (χ4v) is 2.60. The first kappa shape index (κ1) is 16.5. The molecule has 0 bridgehead atoms. The Balaban J connectivity index is 2.05. The fourth-order valence-electron chi connectivity index (χ4n) is 1.98. The smallest absolute Gasteiger partial charge is 0.341 e. The van der Waals surface area contributed by atoms with Crippen LogP contribution in [0.25, 0.3) is 0 Å². The van der Waals surface area contributed by atoms with Gasteiger partial charge in [-0.25, -0.2) is 4.79 Å². The molecule has 118 valence electrons. The van der Waals surface area contributed by atoms with Gasteiger partial charge < -0.3 is 14.2 Å². The van der Waals surface area contributed by atoms with Crippen molar-refractivity contribution in [2.45, 2.75) is 33.2 Å². The Morgan fingerprint density at radius 1 is 1.32 bits per heavy atom. The predicted octanol–water partition coefficient (Wildman–Crippen LogP) is 4.04. The van der Waals surface area contributed by atoms with Gasteiger partial charge in [0.1, 0.15) is 11.3 Å². The molecule has 0 saturated carbocycles. The van der Waals surface area contributed by atoms with E-state index < -0.39 is 12.3 Å². The van der Waals surface area contributed by atoms with Crippen molar-refractivity contribution in [1.82, 2.24) is 0 Å². The van der Waals surface area contributed by atoms with Crippen LogP contribution in [0.3, 0.4) is 0 Å². The first-order chi connectivity index (χ1) is 10.6. The summed E-state index contributed by atoms with van der Waals surface area (Å²) >= 11 is 1.63. The second-order valence-electron chi connectivity index (χ2n) is 4.75. The summed E-state index contributed by atoms with van der Waals surface area (Å²) in [5, 5.41) is 2.00. The Morgan fingerprint density at radius 3 is 2.77 bits per heavy atom. The van der Waals surface area contributed by atoms with Crippen molar-refractivity contribution in [2.75, 3.05) is 7.11 Å². The highest BCUT2D eigenvalue weighted by molar-refractivity contribution is 7.09. The van der Waals surface area contributed by atoms with E-state index in [-0.39, 0.29) is 0 Å². The molecule has 0 N–H and O–H groups in total.